The van der Waals surface area contributed by atoms with Gasteiger partial charge in [0.2, 0.25) is 0 Å². The Labute approximate surface area is 151 Å². The first-order valence-corrected chi connectivity index (χ1v) is 8.45. The van der Waals surface area contributed by atoms with Gasteiger partial charge in [0.05, 0.1) is 12.7 Å². The lowest BCUT2D eigenvalue weighted by Crippen LogP contribution is -2.06. The number of aryl methyl sites for hydroxylation is 1. The van der Waals surface area contributed by atoms with Crippen molar-refractivity contribution in [3.8, 4) is 5.75 Å². The van der Waals surface area contributed by atoms with E-state index in [0.29, 0.717) is 46.4 Å². The van der Waals surface area contributed by atoms with Gasteiger partial charge in [0, 0.05) is 23.8 Å². The zero-order chi connectivity index (χ0) is 18.5. The zero-order valence-corrected chi connectivity index (χ0v) is 14.5. The molecular weight excluding hydrogens is 332 g/mol. The van der Waals surface area contributed by atoms with Crippen LogP contribution in [-0.4, -0.2) is 30.4 Å². The first kappa shape index (κ1) is 17.9. The number of carbonyl (C=O) groups excluding carboxylic acids is 2. The van der Waals surface area contributed by atoms with Gasteiger partial charge in [-0.3, -0.25) is 9.59 Å². The third kappa shape index (κ3) is 3.68. The maximum absolute atomic E-state index is 13.1. The molecule has 0 aliphatic heterocycles. The van der Waals surface area contributed by atoms with Crippen LogP contribution in [0.1, 0.15) is 34.5 Å². The third-order valence-electron chi connectivity index (χ3n) is 4.27. The minimum absolute atomic E-state index is 0.124. The van der Waals surface area contributed by atoms with Gasteiger partial charge in [-0.2, -0.15) is 0 Å². The van der Waals surface area contributed by atoms with Gasteiger partial charge in [-0.1, -0.05) is 30.3 Å². The second-order valence-electron chi connectivity index (χ2n) is 6.01. The van der Waals surface area contributed by atoms with Gasteiger partial charge in [-0.05, 0) is 24.6 Å². The fourth-order valence-electron chi connectivity index (χ4n) is 2.94. The van der Waals surface area contributed by atoms with E-state index in [0.717, 1.165) is 0 Å². The Kier molecular flexibility index (Phi) is 5.49. The molecule has 5 nitrogen and oxygen atoms in total. The molecule has 0 aliphatic carbocycles. The smallest absolute Gasteiger partial charge is 0.197 e. The quantitative estimate of drug-likeness (QED) is 0.627. The molecule has 3 rings (SSSR count). The number of Topliss-reactive ketones (excluding diaryl/α,β-unsaturated/α-hetero) is 1. The first-order valence-electron chi connectivity index (χ1n) is 8.45. The Morgan fingerprint density at radius 2 is 1.88 bits per heavy atom. The van der Waals surface area contributed by atoms with Crippen LogP contribution in [0.5, 0.6) is 5.75 Å². The van der Waals surface area contributed by atoms with Crippen molar-refractivity contribution >= 4 is 22.5 Å². The van der Waals surface area contributed by atoms with E-state index >= 15 is 0 Å². The second kappa shape index (κ2) is 7.97. The number of methoxy groups -OCH3 is 1. The van der Waals surface area contributed by atoms with E-state index in [2.05, 4.69) is 0 Å². The molecule has 5 heteroatoms. The molecular formula is C21H20O5. The van der Waals surface area contributed by atoms with E-state index in [-0.39, 0.29) is 18.0 Å². The number of aliphatic hydroxyl groups is 1. The summed E-state index contributed by atoms with van der Waals surface area (Å²) in [5.74, 6) is 0.843. The van der Waals surface area contributed by atoms with Crippen LogP contribution in [0.25, 0.3) is 11.0 Å². The van der Waals surface area contributed by atoms with Crippen molar-refractivity contribution in [3.63, 3.8) is 0 Å². The summed E-state index contributed by atoms with van der Waals surface area (Å²) in [5.41, 5.74) is 1.68. The number of hydrogen-bond acceptors (Lipinski definition) is 5. The lowest BCUT2D eigenvalue weighted by atomic mass is 9.98. The molecule has 0 amide bonds. The standard InChI is InChI=1S/C21H20O5/c1-25-16-10-11-18-17(12-16)20(21(24)14-6-3-2-4-7-14)19(26-18)9-5-8-15(23)13-22/h2-4,6-7,10-12,22H,5,8-9,13H2,1H3. The number of ether oxygens (including phenoxy) is 1. The van der Waals surface area contributed by atoms with Crippen molar-refractivity contribution < 1.29 is 23.8 Å². The summed E-state index contributed by atoms with van der Waals surface area (Å²) < 4.78 is 11.2. The average Bonchev–Trinajstić information content (AvgIpc) is 3.05. The SMILES string of the molecule is COc1ccc2oc(CCCC(=O)CO)c(C(=O)c3ccccc3)c2c1. The molecule has 0 fully saturated rings. The van der Waals surface area contributed by atoms with Gasteiger partial charge in [0.15, 0.2) is 11.6 Å². The minimum atomic E-state index is -0.465. The van der Waals surface area contributed by atoms with Gasteiger partial charge in [-0.25, -0.2) is 0 Å². The molecule has 1 aromatic heterocycles. The molecule has 0 unspecified atom stereocenters. The maximum atomic E-state index is 13.1. The number of rotatable bonds is 8. The number of fused-ring (bicyclic) bond motifs is 1. The number of benzene rings is 2. The van der Waals surface area contributed by atoms with Gasteiger partial charge < -0.3 is 14.3 Å². The van der Waals surface area contributed by atoms with E-state index in [1.807, 2.05) is 18.2 Å². The summed E-state index contributed by atoms with van der Waals surface area (Å²) in [7, 11) is 1.57. The lowest BCUT2D eigenvalue weighted by molar-refractivity contribution is -0.121. The molecule has 1 heterocycles. The highest BCUT2D eigenvalue weighted by atomic mass is 16.5. The topological polar surface area (TPSA) is 76.7 Å². The van der Waals surface area contributed by atoms with Crippen LogP contribution in [0.2, 0.25) is 0 Å². The Morgan fingerprint density at radius 3 is 2.58 bits per heavy atom. The van der Waals surface area contributed by atoms with Crippen LogP contribution in [0, 0.1) is 0 Å². The predicted molar refractivity (Wildman–Crippen MR) is 97.7 cm³/mol. The fourth-order valence-corrected chi connectivity index (χ4v) is 2.94. The Hall–Kier alpha value is -2.92. The number of carbonyl (C=O) groups is 2. The second-order valence-corrected chi connectivity index (χ2v) is 6.01. The Bertz CT molecular complexity index is 924. The Morgan fingerprint density at radius 1 is 1.12 bits per heavy atom. The van der Waals surface area contributed by atoms with Gasteiger partial charge in [0.1, 0.15) is 23.7 Å². The third-order valence-corrected chi connectivity index (χ3v) is 4.27. The summed E-state index contributed by atoms with van der Waals surface area (Å²) >= 11 is 0. The van der Waals surface area contributed by atoms with Crippen molar-refractivity contribution in [1.82, 2.24) is 0 Å². The molecule has 0 bridgehead atoms. The molecule has 134 valence electrons. The highest BCUT2D eigenvalue weighted by Gasteiger charge is 2.22. The molecule has 0 atom stereocenters. The normalized spacial score (nSPS) is 10.8. The summed E-state index contributed by atoms with van der Waals surface area (Å²) in [5, 5.41) is 9.55. The molecule has 26 heavy (non-hydrogen) atoms. The number of ketones is 2. The molecule has 3 aromatic rings. The van der Waals surface area contributed by atoms with Crippen molar-refractivity contribution in [2.75, 3.05) is 13.7 Å². The summed E-state index contributed by atoms with van der Waals surface area (Å²) in [6.07, 6.45) is 1.19. The van der Waals surface area contributed by atoms with E-state index in [1.54, 1.807) is 37.4 Å². The molecule has 0 saturated carbocycles. The maximum Gasteiger partial charge on any atom is 0.197 e. The molecule has 0 spiro atoms. The summed E-state index contributed by atoms with van der Waals surface area (Å²) in [4.78, 5) is 24.4. The minimum Gasteiger partial charge on any atom is -0.497 e. The van der Waals surface area contributed by atoms with E-state index in [4.69, 9.17) is 14.3 Å². The highest BCUT2D eigenvalue weighted by molar-refractivity contribution is 6.17. The van der Waals surface area contributed by atoms with Crippen LogP contribution in [0.4, 0.5) is 0 Å². The average molecular weight is 352 g/mol. The van der Waals surface area contributed by atoms with Gasteiger partial charge in [0.25, 0.3) is 0 Å². The van der Waals surface area contributed by atoms with Crippen LogP contribution < -0.4 is 4.74 Å². The molecule has 2 aromatic carbocycles. The van der Waals surface area contributed by atoms with Crippen molar-refractivity contribution in [1.29, 1.82) is 0 Å². The first-order chi connectivity index (χ1) is 12.6. The van der Waals surface area contributed by atoms with E-state index in [1.165, 1.54) is 0 Å². The highest BCUT2D eigenvalue weighted by Crippen LogP contribution is 2.32. The summed E-state index contributed by atoms with van der Waals surface area (Å²) in [6, 6.07) is 14.4. The fraction of sp³-hybridized carbons (Fsp3) is 0.238. The molecule has 0 aliphatic rings. The lowest BCUT2D eigenvalue weighted by Gasteiger charge is -2.04. The van der Waals surface area contributed by atoms with Crippen molar-refractivity contribution in [2.24, 2.45) is 0 Å². The van der Waals surface area contributed by atoms with Gasteiger partial charge in [-0.15, -0.1) is 0 Å². The summed E-state index contributed by atoms with van der Waals surface area (Å²) in [6.45, 7) is -0.465. The van der Waals surface area contributed by atoms with Crippen LogP contribution >= 0.6 is 0 Å². The van der Waals surface area contributed by atoms with Gasteiger partial charge >= 0.3 is 0 Å². The number of hydrogen-bond donors (Lipinski definition) is 1. The van der Waals surface area contributed by atoms with E-state index < -0.39 is 6.61 Å². The molecule has 0 saturated heterocycles. The predicted octanol–water partition coefficient (Wildman–Crippen LogP) is 3.56. The molecule has 0 radical (unpaired) electrons. The van der Waals surface area contributed by atoms with E-state index in [9.17, 15) is 9.59 Å². The monoisotopic (exact) mass is 352 g/mol. The number of aliphatic hydroxyl groups excluding tert-OH is 1. The van der Waals surface area contributed by atoms with Crippen LogP contribution in [-0.2, 0) is 11.2 Å². The molecule has 1 N–H and O–H groups in total. The van der Waals surface area contributed by atoms with Crippen LogP contribution in [0.15, 0.2) is 52.9 Å². The largest absolute Gasteiger partial charge is 0.497 e. The number of furan rings is 1. The van der Waals surface area contributed by atoms with Crippen molar-refractivity contribution in [3.05, 3.63) is 65.4 Å². The Balaban J connectivity index is 2.02. The van der Waals surface area contributed by atoms with Crippen LogP contribution in [0.3, 0.4) is 0 Å². The zero-order valence-electron chi connectivity index (χ0n) is 14.5. The van der Waals surface area contributed by atoms with Crippen molar-refractivity contribution in [2.45, 2.75) is 19.3 Å².